The molecule has 14 nitrogen and oxygen atoms in total. The number of nitrogens with one attached hydrogen (secondary N) is 1. The number of aromatic nitrogens is 3. The van der Waals surface area contributed by atoms with Gasteiger partial charge in [0.25, 0.3) is 0 Å². The normalized spacial score (nSPS) is 15.2. The monoisotopic (exact) mass is 631 g/mol. The van der Waals surface area contributed by atoms with Crippen LogP contribution in [-0.2, 0) is 55.7 Å². The minimum atomic E-state index is -0.258. The van der Waals surface area contributed by atoms with Crippen LogP contribution in [0.25, 0.3) is 0 Å². The quantitative estimate of drug-likeness (QED) is 0.123. The molecule has 256 valence electrons. The third kappa shape index (κ3) is 18.9. The van der Waals surface area contributed by atoms with Crippen molar-refractivity contribution in [3.8, 4) is 0 Å². The zero-order valence-corrected chi connectivity index (χ0v) is 26.8. The molecular weight excluding hydrogens is 574 g/mol. The molecule has 0 spiro atoms. The molecule has 0 aliphatic heterocycles. The number of nitrogens with zero attached hydrogens (tertiary/aromatic N) is 3. The molecule has 0 saturated carbocycles. The number of fused-ring (bicyclic) bond motifs is 1. The Morgan fingerprint density at radius 1 is 0.795 bits per heavy atom. The highest BCUT2D eigenvalue weighted by molar-refractivity contribution is 5.77. The largest absolute Gasteiger partial charge is 0.379 e. The molecule has 1 aliphatic carbocycles. The van der Waals surface area contributed by atoms with E-state index in [9.17, 15) is 4.79 Å². The highest BCUT2D eigenvalue weighted by Crippen LogP contribution is 2.29. The molecule has 14 heteroatoms. The van der Waals surface area contributed by atoms with Gasteiger partial charge in [-0.15, -0.1) is 5.10 Å². The number of carbonyl (C=O) groups is 1. The summed E-state index contributed by atoms with van der Waals surface area (Å²) in [4.78, 5) is 12.4. The van der Waals surface area contributed by atoms with E-state index < -0.39 is 0 Å². The van der Waals surface area contributed by atoms with Gasteiger partial charge >= 0.3 is 0 Å². The Balaban J connectivity index is 1.52. The fourth-order valence-corrected chi connectivity index (χ4v) is 4.41. The topological polar surface area (TPSA) is 160 Å². The fourth-order valence-electron chi connectivity index (χ4n) is 4.41. The Bertz CT molecular complexity index is 818. The van der Waals surface area contributed by atoms with Crippen molar-refractivity contribution in [2.45, 2.75) is 64.5 Å². The lowest BCUT2D eigenvalue weighted by Crippen LogP contribution is -2.31. The van der Waals surface area contributed by atoms with Crippen LogP contribution >= 0.6 is 0 Å². The maximum atomic E-state index is 12.4. The predicted octanol–water partition coefficient (Wildman–Crippen LogP) is 1.44. The highest BCUT2D eigenvalue weighted by atomic mass is 16.6. The number of carbonyl (C=O) groups excluding carboxylic acids is 1. The second-order valence-corrected chi connectivity index (χ2v) is 10.3. The summed E-state index contributed by atoms with van der Waals surface area (Å²) in [6, 6.07) is 0. The molecule has 2 rings (SSSR count). The second-order valence-electron chi connectivity index (χ2n) is 10.3. The van der Waals surface area contributed by atoms with Crippen molar-refractivity contribution >= 4 is 5.91 Å². The van der Waals surface area contributed by atoms with Crippen LogP contribution in [0.15, 0.2) is 0 Å². The van der Waals surface area contributed by atoms with Crippen LogP contribution in [-0.4, -0.2) is 133 Å². The van der Waals surface area contributed by atoms with Crippen LogP contribution in [0, 0.1) is 0 Å². The fraction of sp³-hybridized carbons (Fsp3) is 0.900. The Morgan fingerprint density at radius 2 is 1.39 bits per heavy atom. The molecule has 0 saturated heterocycles. The Hall–Kier alpha value is -1.75. The zero-order valence-electron chi connectivity index (χ0n) is 26.8. The van der Waals surface area contributed by atoms with E-state index in [0.717, 1.165) is 62.9 Å². The number of nitrogens with two attached hydrogens (primary N) is 1. The minimum Gasteiger partial charge on any atom is -0.379 e. The lowest BCUT2D eigenvalue weighted by molar-refractivity contribution is -0.128. The van der Waals surface area contributed by atoms with Gasteiger partial charge in [-0.25, -0.2) is 4.68 Å². The van der Waals surface area contributed by atoms with Crippen molar-refractivity contribution in [3.63, 3.8) is 0 Å². The molecule has 1 aromatic rings. The summed E-state index contributed by atoms with van der Waals surface area (Å²) in [5.41, 5.74) is 7.27. The molecule has 0 aromatic carbocycles. The van der Waals surface area contributed by atoms with Crippen LogP contribution in [0.4, 0.5) is 0 Å². The maximum Gasteiger partial charge on any atom is 0.246 e. The summed E-state index contributed by atoms with van der Waals surface area (Å²) < 4.78 is 46.3. The molecule has 44 heavy (non-hydrogen) atoms. The van der Waals surface area contributed by atoms with Crippen molar-refractivity contribution in [2.75, 3.05) is 112 Å². The van der Waals surface area contributed by atoms with Gasteiger partial charge in [-0.05, 0) is 25.7 Å². The van der Waals surface area contributed by atoms with Crippen molar-refractivity contribution in [1.29, 1.82) is 0 Å². The lowest BCUT2D eigenvalue weighted by Gasteiger charge is -2.20. The van der Waals surface area contributed by atoms with Crippen molar-refractivity contribution in [3.05, 3.63) is 11.4 Å². The van der Waals surface area contributed by atoms with Gasteiger partial charge in [-0.3, -0.25) is 4.79 Å². The smallest absolute Gasteiger partial charge is 0.246 e. The lowest BCUT2D eigenvalue weighted by atomic mass is 9.99. The Kier molecular flexibility index (Phi) is 24.1. The first kappa shape index (κ1) is 38.4. The molecule has 1 amide bonds. The van der Waals surface area contributed by atoms with E-state index in [2.05, 4.69) is 22.6 Å². The maximum absolute atomic E-state index is 12.4. The van der Waals surface area contributed by atoms with Crippen molar-refractivity contribution in [2.24, 2.45) is 5.73 Å². The van der Waals surface area contributed by atoms with Crippen LogP contribution < -0.4 is 11.1 Å². The number of unbranched alkanes of at least 4 members (excludes halogenated alkanes) is 1. The van der Waals surface area contributed by atoms with Crippen LogP contribution in [0.1, 0.15) is 62.9 Å². The van der Waals surface area contributed by atoms with Gasteiger partial charge in [0.1, 0.15) is 18.4 Å². The molecule has 0 bridgehead atoms. The van der Waals surface area contributed by atoms with Crippen molar-refractivity contribution < 1.29 is 42.7 Å². The number of amides is 1. The molecule has 1 aliphatic rings. The zero-order chi connectivity index (χ0) is 31.3. The van der Waals surface area contributed by atoms with Gasteiger partial charge in [0, 0.05) is 19.7 Å². The number of ether oxygens (including phenoxy) is 8. The molecule has 1 atom stereocenters. The van der Waals surface area contributed by atoms with E-state index in [0.29, 0.717) is 106 Å². The van der Waals surface area contributed by atoms with Crippen molar-refractivity contribution in [1.82, 2.24) is 20.3 Å². The molecule has 1 unspecified atom stereocenters. The van der Waals surface area contributed by atoms with Gasteiger partial charge in [-0.1, -0.05) is 31.4 Å². The van der Waals surface area contributed by atoms with Gasteiger partial charge in [0.15, 0.2) is 0 Å². The van der Waals surface area contributed by atoms with Gasteiger partial charge in [0.05, 0.1) is 98.1 Å². The minimum absolute atomic E-state index is 0.0376. The Morgan fingerprint density at radius 3 is 2.02 bits per heavy atom. The number of hydrogen-bond acceptors (Lipinski definition) is 12. The Labute approximate surface area is 262 Å². The van der Waals surface area contributed by atoms with Crippen LogP contribution in [0.5, 0.6) is 0 Å². The van der Waals surface area contributed by atoms with E-state index in [1.807, 2.05) is 4.68 Å². The highest BCUT2D eigenvalue weighted by Gasteiger charge is 2.25. The summed E-state index contributed by atoms with van der Waals surface area (Å²) in [5, 5.41) is 11.6. The van der Waals surface area contributed by atoms with E-state index >= 15 is 0 Å². The molecule has 1 heterocycles. The van der Waals surface area contributed by atoms with Gasteiger partial charge in [-0.2, -0.15) is 0 Å². The van der Waals surface area contributed by atoms with E-state index in [4.69, 9.17) is 43.6 Å². The van der Waals surface area contributed by atoms with E-state index in [1.54, 1.807) is 0 Å². The summed E-state index contributed by atoms with van der Waals surface area (Å²) in [7, 11) is 0. The first-order valence-electron chi connectivity index (χ1n) is 16.3. The van der Waals surface area contributed by atoms with E-state index in [-0.39, 0.29) is 18.6 Å². The molecule has 1 aromatic heterocycles. The standard InChI is InChI=1S/C30H57N5O9/c1-2-3-12-37-16-20-41-24-25-43-22-18-39-14-10-32-29(36)26-44-28-8-6-4-5-7-27-30(28)33-34-35(27)11-15-40-19-23-42-21-17-38-13-9-31/h28H,2-26,31H2,1H3,(H,32,36). The molecular formula is C30H57N5O9. The molecule has 0 fully saturated rings. The molecule has 3 N–H and O–H groups in total. The average Bonchev–Trinajstić information content (AvgIpc) is 3.41. The van der Waals surface area contributed by atoms with Crippen LogP contribution in [0.3, 0.4) is 0 Å². The number of hydrogen-bond donors (Lipinski definition) is 2. The number of rotatable bonds is 29. The summed E-state index contributed by atoms with van der Waals surface area (Å²) >= 11 is 0. The third-order valence-electron chi connectivity index (χ3n) is 6.75. The van der Waals surface area contributed by atoms with Crippen LogP contribution in [0.2, 0.25) is 0 Å². The summed E-state index contributed by atoms with van der Waals surface area (Å²) in [5.74, 6) is -0.182. The first-order chi connectivity index (χ1) is 21.8. The van der Waals surface area contributed by atoms with Gasteiger partial charge < -0.3 is 48.9 Å². The van der Waals surface area contributed by atoms with Gasteiger partial charge in [0.2, 0.25) is 5.91 Å². The third-order valence-corrected chi connectivity index (χ3v) is 6.75. The summed E-state index contributed by atoms with van der Waals surface area (Å²) in [6.45, 7) is 11.1. The summed E-state index contributed by atoms with van der Waals surface area (Å²) in [6.07, 6.45) is 6.83. The SMILES string of the molecule is CCCCOCCOCCOCCOCCNC(=O)COC1CCCCCc2c1nnn2CCOCCOCCOCCN. The first-order valence-corrected chi connectivity index (χ1v) is 16.3. The average molecular weight is 632 g/mol. The molecule has 0 radical (unpaired) electrons. The predicted molar refractivity (Wildman–Crippen MR) is 164 cm³/mol. The van der Waals surface area contributed by atoms with E-state index in [1.165, 1.54) is 0 Å². The second kappa shape index (κ2) is 27.6.